The zero-order valence-corrected chi connectivity index (χ0v) is 12.0. The average molecular weight is 284 g/mol. The molecule has 108 valence electrons. The fraction of sp³-hybridized carbons (Fsp3) is 0.400. The lowest BCUT2D eigenvalue weighted by Crippen LogP contribution is -2.24. The Morgan fingerprint density at radius 3 is 2.81 bits per heavy atom. The zero-order valence-electron chi connectivity index (χ0n) is 12.0. The third-order valence-electron chi connectivity index (χ3n) is 3.83. The molecule has 0 radical (unpaired) electrons. The van der Waals surface area contributed by atoms with Crippen molar-refractivity contribution in [3.05, 3.63) is 35.0 Å². The second-order valence-electron chi connectivity index (χ2n) is 5.32. The van der Waals surface area contributed by atoms with Crippen LogP contribution in [0.2, 0.25) is 0 Å². The summed E-state index contributed by atoms with van der Waals surface area (Å²) in [5.74, 6) is 0.199. The summed E-state index contributed by atoms with van der Waals surface area (Å²) in [5.41, 5.74) is 3.47. The molecule has 2 aromatic rings. The van der Waals surface area contributed by atoms with Gasteiger partial charge in [-0.3, -0.25) is 4.79 Å². The van der Waals surface area contributed by atoms with Crippen LogP contribution in [0.5, 0.6) is 0 Å². The van der Waals surface area contributed by atoms with Gasteiger partial charge in [0.25, 0.3) is 0 Å². The summed E-state index contributed by atoms with van der Waals surface area (Å²) in [6.45, 7) is 3.73. The lowest BCUT2D eigenvalue weighted by molar-refractivity contribution is -0.142. The molecule has 0 saturated carbocycles. The molecule has 1 aliphatic rings. The third kappa shape index (κ3) is 2.61. The molecule has 0 spiro atoms. The molecule has 0 bridgehead atoms. The van der Waals surface area contributed by atoms with Crippen LogP contribution in [-0.4, -0.2) is 31.0 Å². The Balaban J connectivity index is 2.01. The van der Waals surface area contributed by atoms with Gasteiger partial charge in [-0.05, 0) is 44.7 Å². The largest absolute Gasteiger partial charge is 0.481 e. The number of aryl methyl sites for hydroxylation is 3. The van der Waals surface area contributed by atoms with Crippen molar-refractivity contribution in [2.45, 2.75) is 33.1 Å². The van der Waals surface area contributed by atoms with Crippen molar-refractivity contribution in [2.24, 2.45) is 5.92 Å². The number of hydrogen-bond acceptors (Lipinski definition) is 5. The minimum absolute atomic E-state index is 0.327. The SMILES string of the molecule is Cc1nccc(-c2nc(C)c3c(n2)CCC(C(=O)O)C3)n1. The third-order valence-corrected chi connectivity index (χ3v) is 3.83. The smallest absolute Gasteiger partial charge is 0.306 e. The maximum absolute atomic E-state index is 11.1. The van der Waals surface area contributed by atoms with Gasteiger partial charge in [0.1, 0.15) is 11.5 Å². The van der Waals surface area contributed by atoms with Crippen LogP contribution in [0.3, 0.4) is 0 Å². The molecule has 0 fully saturated rings. The van der Waals surface area contributed by atoms with E-state index < -0.39 is 5.97 Å². The van der Waals surface area contributed by atoms with E-state index in [-0.39, 0.29) is 5.92 Å². The highest BCUT2D eigenvalue weighted by atomic mass is 16.4. The quantitative estimate of drug-likeness (QED) is 0.903. The van der Waals surface area contributed by atoms with E-state index in [0.29, 0.717) is 36.6 Å². The van der Waals surface area contributed by atoms with Crippen molar-refractivity contribution in [3.63, 3.8) is 0 Å². The summed E-state index contributed by atoms with van der Waals surface area (Å²) >= 11 is 0. The molecule has 2 aromatic heterocycles. The lowest BCUT2D eigenvalue weighted by atomic mass is 9.86. The van der Waals surface area contributed by atoms with Gasteiger partial charge in [-0.25, -0.2) is 19.9 Å². The Morgan fingerprint density at radius 1 is 1.29 bits per heavy atom. The number of hydrogen-bond donors (Lipinski definition) is 1. The summed E-state index contributed by atoms with van der Waals surface area (Å²) in [6, 6.07) is 1.79. The first kappa shape index (κ1) is 13.6. The van der Waals surface area contributed by atoms with E-state index in [9.17, 15) is 4.79 Å². The molecule has 2 heterocycles. The van der Waals surface area contributed by atoms with Crippen LogP contribution < -0.4 is 0 Å². The second-order valence-corrected chi connectivity index (χ2v) is 5.32. The van der Waals surface area contributed by atoms with Crippen LogP contribution in [0.4, 0.5) is 0 Å². The molecule has 0 saturated heterocycles. The van der Waals surface area contributed by atoms with Crippen LogP contribution in [-0.2, 0) is 17.6 Å². The molecule has 1 atom stereocenters. The predicted molar refractivity (Wildman–Crippen MR) is 75.7 cm³/mol. The van der Waals surface area contributed by atoms with Crippen LogP contribution in [0, 0.1) is 19.8 Å². The average Bonchev–Trinajstić information content (AvgIpc) is 2.46. The number of carbonyl (C=O) groups is 1. The van der Waals surface area contributed by atoms with Gasteiger partial charge < -0.3 is 5.11 Å². The van der Waals surface area contributed by atoms with Crippen molar-refractivity contribution in [1.29, 1.82) is 0 Å². The Morgan fingerprint density at radius 2 is 2.10 bits per heavy atom. The molecular formula is C15H16N4O2. The number of fused-ring (bicyclic) bond motifs is 1. The molecule has 0 aromatic carbocycles. The number of aromatic nitrogens is 4. The van der Waals surface area contributed by atoms with Gasteiger partial charge in [0.2, 0.25) is 0 Å². The van der Waals surface area contributed by atoms with E-state index in [0.717, 1.165) is 17.0 Å². The van der Waals surface area contributed by atoms with E-state index in [1.165, 1.54) is 0 Å². The van der Waals surface area contributed by atoms with Gasteiger partial charge >= 0.3 is 5.97 Å². The monoisotopic (exact) mass is 284 g/mol. The number of carboxylic acids is 1. The van der Waals surface area contributed by atoms with Gasteiger partial charge in [-0.2, -0.15) is 0 Å². The zero-order chi connectivity index (χ0) is 15.0. The number of nitrogens with zero attached hydrogens (tertiary/aromatic N) is 4. The van der Waals surface area contributed by atoms with E-state index in [2.05, 4.69) is 19.9 Å². The fourth-order valence-electron chi connectivity index (χ4n) is 2.69. The lowest BCUT2D eigenvalue weighted by Gasteiger charge is -2.22. The predicted octanol–water partition coefficient (Wildman–Crippen LogP) is 1.74. The van der Waals surface area contributed by atoms with Crippen LogP contribution in [0.25, 0.3) is 11.5 Å². The topological polar surface area (TPSA) is 88.9 Å². The summed E-state index contributed by atoms with van der Waals surface area (Å²) in [7, 11) is 0. The minimum atomic E-state index is -0.740. The summed E-state index contributed by atoms with van der Waals surface area (Å²) in [5, 5.41) is 9.16. The number of carboxylic acid groups (broad SMARTS) is 1. The Labute approximate surface area is 122 Å². The molecular weight excluding hydrogens is 268 g/mol. The number of rotatable bonds is 2. The van der Waals surface area contributed by atoms with Crippen LogP contribution in [0.1, 0.15) is 29.2 Å². The maximum atomic E-state index is 11.1. The normalized spacial score (nSPS) is 17.3. The molecule has 1 N–H and O–H groups in total. The summed E-state index contributed by atoms with van der Waals surface area (Å²) in [4.78, 5) is 28.6. The Bertz CT molecular complexity index is 715. The van der Waals surface area contributed by atoms with Crippen molar-refractivity contribution in [3.8, 4) is 11.5 Å². The Hall–Kier alpha value is -2.37. The fourth-order valence-corrected chi connectivity index (χ4v) is 2.69. The van der Waals surface area contributed by atoms with Crippen molar-refractivity contribution in [2.75, 3.05) is 0 Å². The van der Waals surface area contributed by atoms with Gasteiger partial charge in [0, 0.05) is 17.6 Å². The van der Waals surface area contributed by atoms with Crippen LogP contribution in [0.15, 0.2) is 12.3 Å². The van der Waals surface area contributed by atoms with Crippen molar-refractivity contribution in [1.82, 2.24) is 19.9 Å². The molecule has 1 aliphatic carbocycles. The van der Waals surface area contributed by atoms with Crippen molar-refractivity contribution < 1.29 is 9.90 Å². The standard InChI is InChI=1S/C15H16N4O2/c1-8-11-7-10(15(20)21)3-4-12(11)19-14(17-8)13-5-6-16-9(2)18-13/h5-6,10H,3-4,7H2,1-2H3,(H,20,21). The second kappa shape index (κ2) is 5.20. The summed E-state index contributed by atoms with van der Waals surface area (Å²) < 4.78 is 0. The van der Waals surface area contributed by atoms with Crippen molar-refractivity contribution >= 4 is 5.97 Å². The molecule has 6 heteroatoms. The number of aliphatic carboxylic acids is 1. The van der Waals surface area contributed by atoms with Gasteiger partial charge in [-0.1, -0.05) is 0 Å². The van der Waals surface area contributed by atoms with E-state index >= 15 is 0 Å². The molecule has 0 aliphatic heterocycles. The highest BCUT2D eigenvalue weighted by molar-refractivity contribution is 5.71. The molecule has 6 nitrogen and oxygen atoms in total. The first-order valence-corrected chi connectivity index (χ1v) is 6.94. The molecule has 21 heavy (non-hydrogen) atoms. The van der Waals surface area contributed by atoms with E-state index in [4.69, 9.17) is 5.11 Å². The summed E-state index contributed by atoms with van der Waals surface area (Å²) in [6.07, 6.45) is 3.50. The van der Waals surface area contributed by atoms with E-state index in [1.54, 1.807) is 12.3 Å². The minimum Gasteiger partial charge on any atom is -0.481 e. The van der Waals surface area contributed by atoms with Crippen LogP contribution >= 0.6 is 0 Å². The van der Waals surface area contributed by atoms with Gasteiger partial charge in [-0.15, -0.1) is 0 Å². The van der Waals surface area contributed by atoms with Gasteiger partial charge in [0.05, 0.1) is 5.92 Å². The molecule has 1 unspecified atom stereocenters. The van der Waals surface area contributed by atoms with E-state index in [1.807, 2.05) is 13.8 Å². The Kier molecular flexibility index (Phi) is 3.37. The highest BCUT2D eigenvalue weighted by Crippen LogP contribution is 2.28. The first-order chi connectivity index (χ1) is 10.0. The highest BCUT2D eigenvalue weighted by Gasteiger charge is 2.27. The molecule has 0 amide bonds. The maximum Gasteiger partial charge on any atom is 0.306 e. The first-order valence-electron chi connectivity index (χ1n) is 6.94. The molecule has 3 rings (SSSR count). The van der Waals surface area contributed by atoms with Gasteiger partial charge in [0.15, 0.2) is 5.82 Å².